The molecule has 20 heavy (non-hydrogen) atoms. The van der Waals surface area contributed by atoms with Crippen LogP contribution in [0.1, 0.15) is 5.69 Å². The highest BCUT2D eigenvalue weighted by atomic mass is 79.9. The maximum atomic E-state index is 13.3. The van der Waals surface area contributed by atoms with E-state index in [4.69, 9.17) is 5.73 Å². The zero-order valence-electron chi connectivity index (χ0n) is 10.4. The Morgan fingerprint density at radius 1 is 1.40 bits per heavy atom. The minimum absolute atomic E-state index is 0.0956. The average Bonchev–Trinajstić information content (AvgIpc) is 2.36. The molecule has 106 valence electrons. The van der Waals surface area contributed by atoms with Crippen LogP contribution < -0.4 is 10.5 Å². The monoisotopic (exact) mass is 359 g/mol. The number of pyridine rings is 1. The molecule has 8 heteroatoms. The molecule has 0 amide bonds. The molecular formula is C12H11BrFN3O2S. The van der Waals surface area contributed by atoms with Gasteiger partial charge in [-0.25, -0.2) is 12.8 Å². The molecule has 1 heterocycles. The Bertz CT molecular complexity index is 765. The molecule has 0 saturated carbocycles. The number of benzene rings is 1. The van der Waals surface area contributed by atoms with Crippen molar-refractivity contribution in [1.82, 2.24) is 4.98 Å². The topological polar surface area (TPSA) is 85.1 Å². The largest absolute Gasteiger partial charge is 0.396 e. The van der Waals surface area contributed by atoms with Crippen molar-refractivity contribution in [2.24, 2.45) is 0 Å². The van der Waals surface area contributed by atoms with Crippen LogP contribution in [0.3, 0.4) is 0 Å². The van der Waals surface area contributed by atoms with Crippen molar-refractivity contribution in [2.45, 2.75) is 11.8 Å². The third-order valence-corrected chi connectivity index (χ3v) is 4.92. The summed E-state index contributed by atoms with van der Waals surface area (Å²) in [6.45, 7) is 1.67. The molecule has 1 aromatic carbocycles. The lowest BCUT2D eigenvalue weighted by molar-refractivity contribution is 0.599. The molecule has 0 aliphatic heterocycles. The quantitative estimate of drug-likeness (QED) is 0.825. The van der Waals surface area contributed by atoms with Crippen LogP contribution in [0.25, 0.3) is 0 Å². The lowest BCUT2D eigenvalue weighted by Crippen LogP contribution is -2.15. The maximum absolute atomic E-state index is 13.3. The molecule has 0 aliphatic rings. The Hall–Kier alpha value is -1.67. The first-order chi connectivity index (χ1) is 9.31. The van der Waals surface area contributed by atoms with Gasteiger partial charge in [0.25, 0.3) is 10.0 Å². The highest BCUT2D eigenvalue weighted by molar-refractivity contribution is 9.10. The van der Waals surface area contributed by atoms with E-state index < -0.39 is 15.8 Å². The van der Waals surface area contributed by atoms with Gasteiger partial charge in [-0.15, -0.1) is 0 Å². The Kier molecular flexibility index (Phi) is 3.96. The molecule has 5 nitrogen and oxygen atoms in total. The predicted molar refractivity (Wildman–Crippen MR) is 78.3 cm³/mol. The number of nitrogens with one attached hydrogen (secondary N) is 1. The van der Waals surface area contributed by atoms with E-state index in [0.29, 0.717) is 11.4 Å². The van der Waals surface area contributed by atoms with Gasteiger partial charge in [0.15, 0.2) is 0 Å². The summed E-state index contributed by atoms with van der Waals surface area (Å²) in [5.41, 5.74) is 6.05. The summed E-state index contributed by atoms with van der Waals surface area (Å²) in [6, 6.07) is 5.27. The summed E-state index contributed by atoms with van der Waals surface area (Å²) in [7, 11) is -3.89. The standard InChI is InChI=1S/C12H11BrFN3O2S/c1-7-11(3-2-4-16-7)17-20(18,19)12-6-10(15)9(14)5-8(12)13/h2-6,17H,15H2,1H3. The number of halogens is 2. The van der Waals surface area contributed by atoms with Crippen molar-refractivity contribution < 1.29 is 12.8 Å². The Balaban J connectivity index is 2.47. The average molecular weight is 360 g/mol. The number of hydrogen-bond acceptors (Lipinski definition) is 4. The number of hydrogen-bond donors (Lipinski definition) is 2. The van der Waals surface area contributed by atoms with Crippen LogP contribution in [0.2, 0.25) is 0 Å². The number of aryl methyl sites for hydroxylation is 1. The van der Waals surface area contributed by atoms with E-state index in [-0.39, 0.29) is 15.1 Å². The first kappa shape index (κ1) is 14.7. The molecule has 0 saturated heterocycles. The first-order valence-electron chi connectivity index (χ1n) is 5.50. The fourth-order valence-corrected chi connectivity index (χ4v) is 3.71. The van der Waals surface area contributed by atoms with Gasteiger partial charge in [0.05, 0.1) is 17.1 Å². The van der Waals surface area contributed by atoms with Gasteiger partial charge in [0.1, 0.15) is 10.7 Å². The molecule has 0 unspecified atom stereocenters. The molecule has 3 N–H and O–H groups in total. The van der Waals surface area contributed by atoms with Crippen LogP contribution >= 0.6 is 15.9 Å². The van der Waals surface area contributed by atoms with E-state index >= 15 is 0 Å². The van der Waals surface area contributed by atoms with Gasteiger partial charge >= 0.3 is 0 Å². The highest BCUT2D eigenvalue weighted by Crippen LogP contribution is 2.28. The summed E-state index contributed by atoms with van der Waals surface area (Å²) >= 11 is 3.02. The normalized spacial score (nSPS) is 11.3. The first-order valence-corrected chi connectivity index (χ1v) is 7.78. The molecule has 0 fully saturated rings. The van der Waals surface area contributed by atoms with Crippen molar-refractivity contribution >= 4 is 37.3 Å². The summed E-state index contributed by atoms with van der Waals surface area (Å²) in [5, 5.41) is 0. The Morgan fingerprint density at radius 2 is 2.10 bits per heavy atom. The van der Waals surface area contributed by atoms with Gasteiger partial charge in [-0.05, 0) is 47.1 Å². The van der Waals surface area contributed by atoms with E-state index in [1.165, 1.54) is 0 Å². The number of aromatic nitrogens is 1. The molecule has 0 radical (unpaired) electrons. The highest BCUT2D eigenvalue weighted by Gasteiger charge is 2.20. The fourth-order valence-electron chi connectivity index (χ4n) is 1.54. The van der Waals surface area contributed by atoms with Crippen molar-refractivity contribution in [3.8, 4) is 0 Å². The van der Waals surface area contributed by atoms with Crippen molar-refractivity contribution in [1.29, 1.82) is 0 Å². The minimum atomic E-state index is -3.89. The van der Waals surface area contributed by atoms with E-state index in [1.807, 2.05) is 0 Å². The van der Waals surface area contributed by atoms with Gasteiger partial charge in [-0.2, -0.15) is 0 Å². The number of nitrogen functional groups attached to an aromatic ring is 1. The summed E-state index contributed by atoms with van der Waals surface area (Å²) in [5.74, 6) is -0.687. The van der Waals surface area contributed by atoms with Crippen LogP contribution in [-0.4, -0.2) is 13.4 Å². The van der Waals surface area contributed by atoms with Crippen LogP contribution in [0.5, 0.6) is 0 Å². The molecule has 0 spiro atoms. The number of nitrogens with zero attached hydrogens (tertiary/aromatic N) is 1. The van der Waals surface area contributed by atoms with Crippen LogP contribution in [-0.2, 0) is 10.0 Å². The van der Waals surface area contributed by atoms with Crippen molar-refractivity contribution in [3.63, 3.8) is 0 Å². The molecule has 1 aromatic heterocycles. The minimum Gasteiger partial charge on any atom is -0.396 e. The summed E-state index contributed by atoms with van der Waals surface area (Å²) in [6.07, 6.45) is 1.55. The van der Waals surface area contributed by atoms with Crippen LogP contribution in [0, 0.1) is 12.7 Å². The lowest BCUT2D eigenvalue weighted by Gasteiger charge is -2.12. The van der Waals surface area contributed by atoms with Gasteiger partial charge in [-0.3, -0.25) is 9.71 Å². The van der Waals surface area contributed by atoms with Gasteiger partial charge in [-0.1, -0.05) is 0 Å². The number of rotatable bonds is 3. The van der Waals surface area contributed by atoms with E-state index in [1.54, 1.807) is 25.3 Å². The second kappa shape index (κ2) is 5.37. The summed E-state index contributed by atoms with van der Waals surface area (Å²) < 4.78 is 40.3. The second-order valence-corrected chi connectivity index (χ2v) is 6.55. The number of nitrogens with two attached hydrogens (primary N) is 1. The SMILES string of the molecule is Cc1ncccc1NS(=O)(=O)c1cc(N)c(F)cc1Br. The zero-order chi connectivity index (χ0) is 14.9. The molecule has 2 aromatic rings. The number of sulfonamides is 1. The Labute approximate surface area is 124 Å². The molecular weight excluding hydrogens is 349 g/mol. The second-order valence-electron chi connectivity index (χ2n) is 4.05. The van der Waals surface area contributed by atoms with E-state index in [2.05, 4.69) is 25.6 Å². The van der Waals surface area contributed by atoms with Crippen LogP contribution in [0.15, 0.2) is 39.8 Å². The fraction of sp³-hybridized carbons (Fsp3) is 0.0833. The van der Waals surface area contributed by atoms with Crippen LogP contribution in [0.4, 0.5) is 15.8 Å². The lowest BCUT2D eigenvalue weighted by atomic mass is 10.3. The van der Waals surface area contributed by atoms with Gasteiger partial charge < -0.3 is 5.73 Å². The van der Waals surface area contributed by atoms with Gasteiger partial charge in [0.2, 0.25) is 0 Å². The molecule has 2 rings (SSSR count). The van der Waals surface area contributed by atoms with E-state index in [9.17, 15) is 12.8 Å². The third-order valence-electron chi connectivity index (χ3n) is 2.59. The molecule has 0 atom stereocenters. The third kappa shape index (κ3) is 2.91. The molecule has 0 aliphatic carbocycles. The maximum Gasteiger partial charge on any atom is 0.263 e. The number of anilines is 2. The van der Waals surface area contributed by atoms with Gasteiger partial charge in [0, 0.05) is 10.7 Å². The Morgan fingerprint density at radius 3 is 2.75 bits per heavy atom. The summed E-state index contributed by atoms with van der Waals surface area (Å²) in [4.78, 5) is 3.85. The van der Waals surface area contributed by atoms with Crippen molar-refractivity contribution in [2.75, 3.05) is 10.5 Å². The smallest absolute Gasteiger partial charge is 0.263 e. The predicted octanol–water partition coefficient (Wildman–Crippen LogP) is 2.67. The zero-order valence-corrected chi connectivity index (χ0v) is 12.8. The molecule has 0 bridgehead atoms. The van der Waals surface area contributed by atoms with E-state index in [0.717, 1.165) is 12.1 Å². The van der Waals surface area contributed by atoms with Crippen molar-refractivity contribution in [3.05, 3.63) is 46.4 Å².